The van der Waals surface area contributed by atoms with Gasteiger partial charge in [0, 0.05) is 8.67 Å². The molecule has 3 saturated carbocycles. The van der Waals surface area contributed by atoms with Gasteiger partial charge in [-0.05, 0) is 29.1 Å². The minimum Gasteiger partial charge on any atom is -0.171 e. The van der Waals surface area contributed by atoms with Crippen molar-refractivity contribution in [3.8, 4) is 0 Å². The van der Waals surface area contributed by atoms with Gasteiger partial charge in [0.05, 0.1) is 0 Å². The Bertz CT molecular complexity index is 267. The summed E-state index contributed by atoms with van der Waals surface area (Å²) in [7, 11) is 0. The maximum absolute atomic E-state index is 4.92. The Morgan fingerprint density at radius 1 is 1.42 bits per heavy atom. The highest BCUT2D eigenvalue weighted by molar-refractivity contribution is 14.1. The second-order valence-electron chi connectivity index (χ2n) is 5.39. The van der Waals surface area contributed by atoms with Crippen molar-refractivity contribution < 1.29 is 0 Å². The van der Waals surface area contributed by atoms with Gasteiger partial charge in [-0.15, -0.1) is 0 Å². The smallest absolute Gasteiger partial charge is 0.0278 e. The third-order valence-electron chi connectivity index (χ3n) is 5.45. The normalized spacial score (nSPS) is 78.2. The lowest BCUT2D eigenvalue weighted by molar-refractivity contribution is -0.0871. The first-order valence-corrected chi connectivity index (χ1v) is 6.46. The second-order valence-corrected chi connectivity index (χ2v) is 7.69. The molecule has 2 heteroatoms. The first kappa shape index (κ1) is 8.39. The number of fused-ring (bicyclic) bond motifs is 4. The summed E-state index contributed by atoms with van der Waals surface area (Å²) >= 11 is 7.55. The van der Waals surface area contributed by atoms with E-state index < -0.39 is 0 Å². The molecule has 0 aromatic rings. The summed E-state index contributed by atoms with van der Waals surface area (Å²) in [6.07, 6.45) is 1.40. The van der Waals surface area contributed by atoms with Crippen LogP contribution in [0.15, 0.2) is 0 Å². The first-order chi connectivity index (χ1) is 5.40. The van der Waals surface area contributed by atoms with E-state index >= 15 is 0 Å². The summed E-state index contributed by atoms with van der Waals surface area (Å²) in [6, 6.07) is 0. The van der Waals surface area contributed by atoms with Crippen LogP contribution in [0.5, 0.6) is 0 Å². The molecule has 6 unspecified atom stereocenters. The molecule has 0 saturated heterocycles. The molecule has 0 radical (unpaired) electrons. The molecule has 0 aromatic heterocycles. The van der Waals surface area contributed by atoms with Gasteiger partial charge in [0.2, 0.25) is 0 Å². The molecule has 0 nitrogen and oxygen atoms in total. The Morgan fingerprint density at radius 2 is 2.00 bits per heavy atom. The summed E-state index contributed by atoms with van der Waals surface area (Å²) in [6.45, 7) is 7.28. The van der Waals surface area contributed by atoms with Gasteiger partial charge in [-0.2, -0.15) is 12.6 Å². The zero-order valence-electron chi connectivity index (χ0n) is 7.76. The van der Waals surface area contributed by atoms with Gasteiger partial charge < -0.3 is 0 Å². The highest BCUT2D eigenvalue weighted by Gasteiger charge is 2.94. The summed E-state index contributed by atoms with van der Waals surface area (Å²) in [4.78, 5) is 0. The third kappa shape index (κ3) is 0.449. The summed E-state index contributed by atoms with van der Waals surface area (Å²) in [5.41, 5.74) is 1.19. The quantitative estimate of drug-likeness (QED) is 0.396. The van der Waals surface area contributed by atoms with E-state index in [0.717, 1.165) is 15.8 Å². The zero-order chi connectivity index (χ0) is 8.94. The van der Waals surface area contributed by atoms with Gasteiger partial charge >= 0.3 is 0 Å². The molecular weight excluding hydrogens is 279 g/mol. The Morgan fingerprint density at radius 3 is 2.33 bits per heavy atom. The van der Waals surface area contributed by atoms with Gasteiger partial charge in [-0.1, -0.05) is 43.4 Å². The van der Waals surface area contributed by atoms with Gasteiger partial charge in [0.1, 0.15) is 0 Å². The second kappa shape index (κ2) is 1.75. The lowest BCUT2D eigenvalue weighted by atomic mass is 9.43. The number of halogens is 1. The average Bonchev–Trinajstić information content (AvgIpc) is 2.33. The fraction of sp³-hybridized carbons (Fsp3) is 1.00. The van der Waals surface area contributed by atoms with Crippen molar-refractivity contribution in [2.24, 2.45) is 22.7 Å². The molecule has 3 aliphatic rings. The number of hydrogen-bond acceptors (Lipinski definition) is 1. The maximum atomic E-state index is 4.92. The van der Waals surface area contributed by atoms with E-state index in [1.807, 2.05) is 0 Å². The number of hydrogen-bond donors (Lipinski definition) is 1. The van der Waals surface area contributed by atoms with Crippen LogP contribution >= 0.6 is 35.2 Å². The molecule has 6 atom stereocenters. The van der Waals surface area contributed by atoms with Crippen LogP contribution in [0.25, 0.3) is 0 Å². The van der Waals surface area contributed by atoms with E-state index in [9.17, 15) is 0 Å². The van der Waals surface area contributed by atoms with Crippen molar-refractivity contribution >= 4 is 35.2 Å². The highest BCUT2D eigenvalue weighted by atomic mass is 127. The van der Waals surface area contributed by atoms with Gasteiger partial charge in [0.25, 0.3) is 0 Å². The van der Waals surface area contributed by atoms with E-state index in [1.165, 1.54) is 6.42 Å². The molecule has 68 valence electrons. The molecule has 12 heavy (non-hydrogen) atoms. The molecule has 3 aliphatic carbocycles. The number of thiol groups is 1. The van der Waals surface area contributed by atoms with Crippen molar-refractivity contribution in [2.75, 3.05) is 0 Å². The lowest BCUT2D eigenvalue weighted by Crippen LogP contribution is -2.67. The highest BCUT2D eigenvalue weighted by Crippen LogP contribution is 2.94. The van der Waals surface area contributed by atoms with E-state index in [-0.39, 0.29) is 0 Å². The minimum absolute atomic E-state index is 0.409. The van der Waals surface area contributed by atoms with Gasteiger partial charge in [0.15, 0.2) is 0 Å². The van der Waals surface area contributed by atoms with Crippen LogP contribution in [0, 0.1) is 22.7 Å². The molecule has 0 bridgehead atoms. The SMILES string of the molecule is CC1C2(C)C3C(I)CC3(C)C12S. The maximum Gasteiger partial charge on any atom is 0.0278 e. The molecule has 0 N–H and O–H groups in total. The van der Waals surface area contributed by atoms with Crippen LogP contribution in [0.1, 0.15) is 27.2 Å². The van der Waals surface area contributed by atoms with Crippen molar-refractivity contribution in [1.29, 1.82) is 0 Å². The summed E-state index contributed by atoms with van der Waals surface area (Å²) < 4.78 is 1.34. The van der Waals surface area contributed by atoms with E-state index in [2.05, 4.69) is 43.4 Å². The van der Waals surface area contributed by atoms with Crippen LogP contribution in [0.3, 0.4) is 0 Å². The van der Waals surface area contributed by atoms with Crippen LogP contribution < -0.4 is 0 Å². The predicted molar refractivity (Wildman–Crippen MR) is 63.0 cm³/mol. The Labute approximate surface area is 93.4 Å². The summed E-state index contributed by atoms with van der Waals surface area (Å²) in [5, 5.41) is 0. The Hall–Kier alpha value is 1.08. The largest absolute Gasteiger partial charge is 0.171 e. The number of rotatable bonds is 0. The lowest BCUT2D eigenvalue weighted by Gasteiger charge is -2.67. The Kier molecular flexibility index (Phi) is 1.23. The van der Waals surface area contributed by atoms with Crippen LogP contribution in [0.4, 0.5) is 0 Å². The van der Waals surface area contributed by atoms with Gasteiger partial charge in [-0.3, -0.25) is 0 Å². The average molecular weight is 294 g/mol. The fourth-order valence-electron chi connectivity index (χ4n) is 4.70. The molecule has 0 amide bonds. The topological polar surface area (TPSA) is 0 Å². The zero-order valence-corrected chi connectivity index (χ0v) is 10.8. The van der Waals surface area contributed by atoms with Crippen molar-refractivity contribution in [2.45, 2.75) is 35.9 Å². The molecule has 3 rings (SSSR count). The van der Waals surface area contributed by atoms with Crippen molar-refractivity contribution in [3.05, 3.63) is 0 Å². The standard InChI is InChI=1S/C10H15IS/c1-5-9(3)7-6(11)4-8(7,2)10(5,9)12/h5-7,12H,4H2,1-3H3. The van der Waals surface area contributed by atoms with Crippen LogP contribution in [-0.4, -0.2) is 8.67 Å². The van der Waals surface area contributed by atoms with Crippen molar-refractivity contribution in [3.63, 3.8) is 0 Å². The molecule has 3 fully saturated rings. The first-order valence-electron chi connectivity index (χ1n) is 4.77. The fourth-order valence-corrected chi connectivity index (χ4v) is 7.93. The van der Waals surface area contributed by atoms with E-state index in [0.29, 0.717) is 15.6 Å². The third-order valence-corrected chi connectivity index (χ3v) is 7.99. The Balaban J connectivity index is 2.05. The van der Waals surface area contributed by atoms with E-state index in [4.69, 9.17) is 12.6 Å². The van der Waals surface area contributed by atoms with Crippen LogP contribution in [-0.2, 0) is 0 Å². The molecule has 0 heterocycles. The molecule has 0 aliphatic heterocycles. The van der Waals surface area contributed by atoms with E-state index in [1.54, 1.807) is 0 Å². The predicted octanol–water partition coefficient (Wildman–Crippen LogP) is 3.15. The van der Waals surface area contributed by atoms with Crippen molar-refractivity contribution in [1.82, 2.24) is 0 Å². The molecule has 0 aromatic carbocycles. The molecule has 0 spiro atoms. The minimum atomic E-state index is 0.409. The molecular formula is C10H15IS. The summed E-state index contributed by atoms with van der Waals surface area (Å²) in [5.74, 6) is 1.82. The van der Waals surface area contributed by atoms with Crippen LogP contribution in [0.2, 0.25) is 0 Å². The number of alkyl halides is 1. The van der Waals surface area contributed by atoms with Gasteiger partial charge in [-0.25, -0.2) is 0 Å². The monoisotopic (exact) mass is 294 g/mol.